The highest BCUT2D eigenvalue weighted by Crippen LogP contribution is 2.22. The Hall–Kier alpha value is -1.83. The number of anilines is 2. The van der Waals surface area contributed by atoms with Gasteiger partial charge in [0.2, 0.25) is 0 Å². The minimum absolute atomic E-state index is 0.237. The second-order valence-corrected chi connectivity index (χ2v) is 5.19. The second-order valence-electron chi connectivity index (χ2n) is 5.19. The topological polar surface area (TPSA) is 64.8 Å². The molecule has 1 aromatic heterocycles. The summed E-state index contributed by atoms with van der Waals surface area (Å²) in [4.78, 5) is 9.61. The van der Waals surface area contributed by atoms with Crippen LogP contribution < -0.4 is 10.2 Å². The van der Waals surface area contributed by atoms with Gasteiger partial charge in [-0.25, -0.2) is 9.97 Å². The molecule has 0 saturated carbocycles. The maximum atomic E-state index is 8.80. The first-order valence-electron chi connectivity index (χ1n) is 6.18. The van der Waals surface area contributed by atoms with Crippen molar-refractivity contribution < 1.29 is 0 Å². The molecule has 5 heteroatoms. The van der Waals surface area contributed by atoms with E-state index in [0.29, 0.717) is 5.82 Å². The summed E-state index contributed by atoms with van der Waals surface area (Å²) in [5.74, 6) is 1.36. The number of nitriles is 1. The maximum absolute atomic E-state index is 8.80. The molecule has 0 aliphatic heterocycles. The molecule has 0 saturated heterocycles. The van der Waals surface area contributed by atoms with Crippen molar-refractivity contribution in [3.05, 3.63) is 12.4 Å². The largest absolute Gasteiger partial charge is 0.369 e. The molecular weight excluding hydrogens is 226 g/mol. The van der Waals surface area contributed by atoms with Crippen LogP contribution in [0.4, 0.5) is 11.6 Å². The van der Waals surface area contributed by atoms with Crippen LogP contribution in [0.25, 0.3) is 0 Å². The Morgan fingerprint density at radius 3 is 2.78 bits per heavy atom. The zero-order valence-electron chi connectivity index (χ0n) is 11.6. The molecule has 0 atom stereocenters. The molecule has 0 aliphatic rings. The minimum atomic E-state index is 0.237. The van der Waals surface area contributed by atoms with Gasteiger partial charge in [-0.1, -0.05) is 27.2 Å². The van der Waals surface area contributed by atoms with Crippen LogP contribution in [0.1, 0.15) is 33.6 Å². The van der Waals surface area contributed by atoms with Gasteiger partial charge in [-0.05, 0) is 11.8 Å². The van der Waals surface area contributed by atoms with Crippen molar-refractivity contribution in [1.82, 2.24) is 9.97 Å². The molecule has 0 bridgehead atoms. The van der Waals surface area contributed by atoms with Gasteiger partial charge in [-0.15, -0.1) is 0 Å². The molecule has 18 heavy (non-hydrogen) atoms. The molecule has 0 radical (unpaired) electrons. The molecular formula is C13H21N5. The van der Waals surface area contributed by atoms with Gasteiger partial charge in [0.05, 0.1) is 0 Å². The summed E-state index contributed by atoms with van der Waals surface area (Å²) in [6, 6.07) is 1.78. The minimum Gasteiger partial charge on any atom is -0.369 e. The van der Waals surface area contributed by atoms with E-state index in [1.165, 1.54) is 17.6 Å². The fourth-order valence-corrected chi connectivity index (χ4v) is 1.77. The highest BCUT2D eigenvalue weighted by Gasteiger charge is 2.16. The zero-order valence-corrected chi connectivity index (χ0v) is 11.6. The number of hydrogen-bond donors (Lipinski definition) is 1. The average Bonchev–Trinajstić information content (AvgIpc) is 2.36. The van der Waals surface area contributed by atoms with E-state index in [0.717, 1.165) is 18.8 Å². The quantitative estimate of drug-likeness (QED) is 0.618. The third-order valence-corrected chi connectivity index (χ3v) is 2.82. The molecule has 1 rings (SSSR count). The first-order chi connectivity index (χ1) is 8.48. The Kier molecular flexibility index (Phi) is 4.90. The van der Waals surface area contributed by atoms with Crippen molar-refractivity contribution >= 4 is 11.6 Å². The van der Waals surface area contributed by atoms with E-state index in [4.69, 9.17) is 5.26 Å². The van der Waals surface area contributed by atoms with Gasteiger partial charge >= 0.3 is 0 Å². The van der Waals surface area contributed by atoms with E-state index in [1.54, 1.807) is 13.1 Å². The standard InChI is InChI=1S/C13H21N5/c1-5-6-13(2,3)8-15-11-7-12(17-10-16-11)18(4)9-14/h7,10H,5-6,8H2,1-4H3,(H,15,16,17). The van der Waals surface area contributed by atoms with Crippen molar-refractivity contribution in [2.75, 3.05) is 23.8 Å². The first-order valence-corrected chi connectivity index (χ1v) is 6.18. The van der Waals surface area contributed by atoms with Crippen LogP contribution in [0.15, 0.2) is 12.4 Å². The van der Waals surface area contributed by atoms with E-state index in [1.807, 2.05) is 6.19 Å². The lowest BCUT2D eigenvalue weighted by molar-refractivity contribution is 0.354. The molecule has 1 heterocycles. The number of aromatic nitrogens is 2. The monoisotopic (exact) mass is 247 g/mol. The summed E-state index contributed by atoms with van der Waals surface area (Å²) in [5.41, 5.74) is 0.237. The molecule has 0 amide bonds. The molecule has 0 spiro atoms. The van der Waals surface area contributed by atoms with Crippen molar-refractivity contribution in [1.29, 1.82) is 5.26 Å². The van der Waals surface area contributed by atoms with Crippen LogP contribution in [0.2, 0.25) is 0 Å². The fraction of sp³-hybridized carbons (Fsp3) is 0.615. The first kappa shape index (κ1) is 14.2. The third kappa shape index (κ3) is 4.21. The Morgan fingerprint density at radius 2 is 2.17 bits per heavy atom. The highest BCUT2D eigenvalue weighted by atomic mass is 15.2. The second kappa shape index (κ2) is 6.20. The molecule has 0 aliphatic carbocycles. The van der Waals surface area contributed by atoms with Crippen LogP contribution >= 0.6 is 0 Å². The summed E-state index contributed by atoms with van der Waals surface area (Å²) in [5, 5.41) is 12.1. The lowest BCUT2D eigenvalue weighted by atomic mass is 9.88. The maximum Gasteiger partial charge on any atom is 0.185 e. The fourth-order valence-electron chi connectivity index (χ4n) is 1.77. The van der Waals surface area contributed by atoms with Crippen molar-refractivity contribution in [2.45, 2.75) is 33.6 Å². The van der Waals surface area contributed by atoms with Gasteiger partial charge in [-0.3, -0.25) is 4.90 Å². The molecule has 0 unspecified atom stereocenters. The van der Waals surface area contributed by atoms with E-state index < -0.39 is 0 Å². The van der Waals surface area contributed by atoms with Crippen LogP contribution in [0.5, 0.6) is 0 Å². The molecule has 5 nitrogen and oxygen atoms in total. The Balaban J connectivity index is 2.66. The van der Waals surface area contributed by atoms with Gasteiger partial charge in [0.15, 0.2) is 6.19 Å². The van der Waals surface area contributed by atoms with Crippen molar-refractivity contribution in [3.8, 4) is 6.19 Å². The normalized spacial score (nSPS) is 10.8. The van der Waals surface area contributed by atoms with Gasteiger partial charge in [0, 0.05) is 19.7 Å². The van der Waals surface area contributed by atoms with E-state index in [9.17, 15) is 0 Å². The van der Waals surface area contributed by atoms with Gasteiger partial charge in [0.25, 0.3) is 0 Å². The zero-order chi connectivity index (χ0) is 13.6. The lowest BCUT2D eigenvalue weighted by Crippen LogP contribution is -2.23. The van der Waals surface area contributed by atoms with Crippen LogP contribution in [0.3, 0.4) is 0 Å². The number of nitrogens with zero attached hydrogens (tertiary/aromatic N) is 4. The van der Waals surface area contributed by atoms with E-state index in [-0.39, 0.29) is 5.41 Å². The predicted molar refractivity (Wildman–Crippen MR) is 73.2 cm³/mol. The number of hydrogen-bond acceptors (Lipinski definition) is 5. The van der Waals surface area contributed by atoms with Crippen LogP contribution in [-0.4, -0.2) is 23.6 Å². The predicted octanol–water partition coefficient (Wildman–Crippen LogP) is 2.63. The summed E-state index contributed by atoms with van der Waals surface area (Å²) in [6.45, 7) is 7.50. The number of nitrogens with one attached hydrogen (secondary N) is 1. The lowest BCUT2D eigenvalue weighted by Gasteiger charge is -2.24. The average molecular weight is 247 g/mol. The summed E-state index contributed by atoms with van der Waals surface area (Å²) >= 11 is 0. The molecule has 1 N–H and O–H groups in total. The summed E-state index contributed by atoms with van der Waals surface area (Å²) in [6.07, 6.45) is 5.82. The van der Waals surface area contributed by atoms with Crippen LogP contribution in [-0.2, 0) is 0 Å². The van der Waals surface area contributed by atoms with Gasteiger partial charge in [-0.2, -0.15) is 5.26 Å². The summed E-state index contributed by atoms with van der Waals surface area (Å²) in [7, 11) is 1.67. The van der Waals surface area contributed by atoms with E-state index >= 15 is 0 Å². The molecule has 1 aromatic rings. The smallest absolute Gasteiger partial charge is 0.185 e. The summed E-state index contributed by atoms with van der Waals surface area (Å²) < 4.78 is 0. The van der Waals surface area contributed by atoms with Crippen molar-refractivity contribution in [2.24, 2.45) is 5.41 Å². The third-order valence-electron chi connectivity index (χ3n) is 2.82. The molecule has 0 fully saturated rings. The highest BCUT2D eigenvalue weighted by molar-refractivity contribution is 5.50. The van der Waals surface area contributed by atoms with E-state index in [2.05, 4.69) is 36.1 Å². The van der Waals surface area contributed by atoms with Crippen LogP contribution in [0, 0.1) is 16.9 Å². The number of rotatable bonds is 6. The molecule has 0 aromatic carbocycles. The van der Waals surface area contributed by atoms with Gasteiger partial charge in [0.1, 0.15) is 18.0 Å². The Morgan fingerprint density at radius 1 is 1.44 bits per heavy atom. The Labute approximate surface area is 109 Å². The molecule has 98 valence electrons. The Bertz CT molecular complexity index is 422. The SMILES string of the molecule is CCCC(C)(C)CNc1cc(N(C)C#N)ncn1. The van der Waals surface area contributed by atoms with Gasteiger partial charge < -0.3 is 5.32 Å². The van der Waals surface area contributed by atoms with Crippen molar-refractivity contribution in [3.63, 3.8) is 0 Å².